The van der Waals surface area contributed by atoms with Gasteiger partial charge in [-0.2, -0.15) is 0 Å². The number of nitrogens with one attached hydrogen (secondary N) is 1. The van der Waals surface area contributed by atoms with E-state index in [0.717, 1.165) is 44.9 Å². The number of aliphatic hydroxyl groups excluding tert-OH is 5. The lowest BCUT2D eigenvalue weighted by Crippen LogP contribution is -2.60. The highest BCUT2D eigenvalue weighted by molar-refractivity contribution is 5.76. The first-order valence-electron chi connectivity index (χ1n) is 32.2. The van der Waals surface area contributed by atoms with Gasteiger partial charge in [-0.25, -0.2) is 0 Å². The van der Waals surface area contributed by atoms with Crippen LogP contribution < -0.4 is 5.32 Å². The van der Waals surface area contributed by atoms with Crippen molar-refractivity contribution in [2.24, 2.45) is 0 Å². The van der Waals surface area contributed by atoms with Crippen molar-refractivity contribution in [1.82, 2.24) is 5.32 Å². The van der Waals surface area contributed by atoms with Gasteiger partial charge in [-0.05, 0) is 51.4 Å². The number of allylic oxidation sites excluding steroid dienone is 5. The Labute approximate surface area is 457 Å². The molecule has 0 aliphatic carbocycles. The van der Waals surface area contributed by atoms with Crippen molar-refractivity contribution in [2.45, 2.75) is 358 Å². The first-order valence-corrected chi connectivity index (χ1v) is 32.2. The molecule has 74 heavy (non-hydrogen) atoms. The van der Waals surface area contributed by atoms with Gasteiger partial charge in [-0.15, -0.1) is 0 Å². The Hall–Kier alpha value is -1.59. The summed E-state index contributed by atoms with van der Waals surface area (Å²) in [6, 6.07) is -0.801. The second-order valence-corrected chi connectivity index (χ2v) is 22.6. The smallest absolute Gasteiger partial charge is 0.220 e. The van der Waals surface area contributed by atoms with Crippen LogP contribution in [0.2, 0.25) is 0 Å². The summed E-state index contributed by atoms with van der Waals surface area (Å²) in [6.07, 6.45) is 65.5. The molecule has 7 unspecified atom stereocenters. The van der Waals surface area contributed by atoms with E-state index in [9.17, 15) is 30.3 Å². The number of amides is 1. The first kappa shape index (κ1) is 70.4. The van der Waals surface area contributed by atoms with E-state index in [1.54, 1.807) is 6.08 Å². The van der Waals surface area contributed by atoms with Crippen LogP contribution in [0.3, 0.4) is 0 Å². The number of rotatable bonds is 56. The van der Waals surface area contributed by atoms with Gasteiger partial charge in [0, 0.05) is 6.42 Å². The SMILES string of the molecule is CCCCCCC/C=C\C/C=C\CCCCCCCCCCCCCCCCCCCCCCCCCCCCCC(=O)NC(COC1OC(CO)C(O)C(O)C1O)C(O)/C=C/CCCCCCCCCCCC. The van der Waals surface area contributed by atoms with Crippen molar-refractivity contribution in [3.63, 3.8) is 0 Å². The minimum atomic E-state index is -1.56. The molecule has 1 heterocycles. The van der Waals surface area contributed by atoms with Crippen LogP contribution in [0.4, 0.5) is 0 Å². The van der Waals surface area contributed by atoms with Gasteiger partial charge in [0.2, 0.25) is 5.91 Å². The van der Waals surface area contributed by atoms with Crippen molar-refractivity contribution >= 4 is 5.91 Å². The lowest BCUT2D eigenvalue weighted by molar-refractivity contribution is -0.302. The van der Waals surface area contributed by atoms with Gasteiger partial charge in [0.05, 0.1) is 25.4 Å². The molecule has 436 valence electrons. The summed E-state index contributed by atoms with van der Waals surface area (Å²) < 4.78 is 11.3. The van der Waals surface area contributed by atoms with Gasteiger partial charge in [-0.1, -0.05) is 294 Å². The Morgan fingerprint density at radius 1 is 0.459 bits per heavy atom. The summed E-state index contributed by atoms with van der Waals surface area (Å²) in [7, 11) is 0. The van der Waals surface area contributed by atoms with E-state index in [1.165, 1.54) is 250 Å². The maximum absolute atomic E-state index is 13.0. The molecule has 0 radical (unpaired) electrons. The van der Waals surface area contributed by atoms with Crippen molar-refractivity contribution in [1.29, 1.82) is 0 Å². The molecule has 0 spiro atoms. The van der Waals surface area contributed by atoms with E-state index >= 15 is 0 Å². The van der Waals surface area contributed by atoms with Crippen molar-refractivity contribution in [2.75, 3.05) is 13.2 Å². The van der Waals surface area contributed by atoms with Gasteiger partial charge >= 0.3 is 0 Å². The molecule has 0 bridgehead atoms. The minimum absolute atomic E-state index is 0.172. The number of hydrogen-bond donors (Lipinski definition) is 6. The highest BCUT2D eigenvalue weighted by Crippen LogP contribution is 2.23. The van der Waals surface area contributed by atoms with Crippen molar-refractivity contribution < 1.29 is 39.8 Å². The van der Waals surface area contributed by atoms with Crippen molar-refractivity contribution in [3.8, 4) is 0 Å². The molecular formula is C65H123NO8. The summed E-state index contributed by atoms with van der Waals surface area (Å²) >= 11 is 0. The van der Waals surface area contributed by atoms with Gasteiger partial charge in [0.25, 0.3) is 0 Å². The van der Waals surface area contributed by atoms with Crippen LogP contribution in [0.15, 0.2) is 36.5 Å². The minimum Gasteiger partial charge on any atom is -0.394 e. The van der Waals surface area contributed by atoms with Crippen LogP contribution >= 0.6 is 0 Å². The molecule has 9 heteroatoms. The quantitative estimate of drug-likeness (QED) is 0.0261. The van der Waals surface area contributed by atoms with E-state index in [0.29, 0.717) is 6.42 Å². The lowest BCUT2D eigenvalue weighted by Gasteiger charge is -2.40. The predicted octanol–water partition coefficient (Wildman–Crippen LogP) is 16.7. The third-order valence-electron chi connectivity index (χ3n) is 15.5. The third-order valence-corrected chi connectivity index (χ3v) is 15.5. The zero-order chi connectivity index (χ0) is 53.6. The number of ether oxygens (including phenoxy) is 2. The molecule has 0 aromatic carbocycles. The van der Waals surface area contributed by atoms with E-state index in [-0.39, 0.29) is 12.5 Å². The van der Waals surface area contributed by atoms with Gasteiger partial charge in [0.1, 0.15) is 24.4 Å². The number of carbonyl (C=O) groups is 1. The Morgan fingerprint density at radius 2 is 0.797 bits per heavy atom. The summed E-state index contributed by atoms with van der Waals surface area (Å²) in [6.45, 7) is 3.78. The first-order chi connectivity index (χ1) is 36.3. The third kappa shape index (κ3) is 43.4. The Morgan fingerprint density at radius 3 is 1.16 bits per heavy atom. The van der Waals surface area contributed by atoms with Crippen molar-refractivity contribution in [3.05, 3.63) is 36.5 Å². The number of unbranched alkanes of at least 4 members (excludes halogenated alkanes) is 42. The Bertz CT molecular complexity index is 1260. The average Bonchev–Trinajstić information content (AvgIpc) is 3.40. The van der Waals surface area contributed by atoms with Crippen LogP contribution in [0.25, 0.3) is 0 Å². The molecule has 1 rings (SSSR count). The van der Waals surface area contributed by atoms with Gasteiger partial charge < -0.3 is 40.3 Å². The van der Waals surface area contributed by atoms with Crippen LogP contribution in [-0.2, 0) is 14.3 Å². The van der Waals surface area contributed by atoms with Crippen LogP contribution in [0, 0.1) is 0 Å². The second kappa shape index (κ2) is 54.8. The number of carbonyl (C=O) groups excluding carboxylic acids is 1. The number of aliphatic hydroxyl groups is 5. The molecule has 0 saturated carbocycles. The molecule has 7 atom stereocenters. The molecular weight excluding hydrogens is 923 g/mol. The molecule has 1 saturated heterocycles. The molecule has 6 N–H and O–H groups in total. The van der Waals surface area contributed by atoms with E-state index in [2.05, 4.69) is 43.5 Å². The highest BCUT2D eigenvalue weighted by atomic mass is 16.7. The molecule has 9 nitrogen and oxygen atoms in total. The fourth-order valence-electron chi connectivity index (χ4n) is 10.4. The average molecular weight is 1050 g/mol. The van der Waals surface area contributed by atoms with Gasteiger partial charge in [-0.3, -0.25) is 4.79 Å². The van der Waals surface area contributed by atoms with Crippen LogP contribution in [-0.4, -0.2) is 87.5 Å². The standard InChI is InChI=1S/C65H123NO8/c1-3-5-7-9-11-13-15-17-18-19-20-21-22-23-24-25-26-27-28-29-30-31-32-33-34-35-36-37-38-39-40-41-42-43-45-47-49-51-53-55-61(69)66-58(57-73-65-64(72)63(71)62(70)60(56-67)74-65)59(68)54-52-50-48-46-44-16-14-12-10-8-6-4-2/h15,17,19-20,52,54,58-60,62-65,67-68,70-72H,3-14,16,18,21-51,53,55-57H2,1-2H3,(H,66,69)/b17-15-,20-19-,54-52+. The normalized spacial score (nSPS) is 19.1. The molecule has 0 aromatic heterocycles. The highest BCUT2D eigenvalue weighted by Gasteiger charge is 2.44. The molecule has 0 aromatic rings. The fraction of sp³-hybridized carbons (Fsp3) is 0.892. The largest absolute Gasteiger partial charge is 0.394 e. The fourth-order valence-corrected chi connectivity index (χ4v) is 10.4. The summed E-state index contributed by atoms with van der Waals surface area (Å²) in [5.41, 5.74) is 0. The maximum Gasteiger partial charge on any atom is 0.220 e. The Balaban J connectivity index is 2.01. The molecule has 1 aliphatic rings. The van der Waals surface area contributed by atoms with Gasteiger partial charge in [0.15, 0.2) is 6.29 Å². The van der Waals surface area contributed by atoms with E-state index in [4.69, 9.17) is 9.47 Å². The zero-order valence-corrected chi connectivity index (χ0v) is 48.6. The topological polar surface area (TPSA) is 149 Å². The predicted molar refractivity (Wildman–Crippen MR) is 313 cm³/mol. The number of hydrogen-bond acceptors (Lipinski definition) is 8. The summed E-state index contributed by atoms with van der Waals surface area (Å²) in [5, 5.41) is 54.4. The Kier molecular flexibility index (Phi) is 52.1. The monoisotopic (exact) mass is 1050 g/mol. The maximum atomic E-state index is 13.0. The van der Waals surface area contributed by atoms with E-state index in [1.807, 2.05) is 6.08 Å². The van der Waals surface area contributed by atoms with E-state index < -0.39 is 49.5 Å². The summed E-state index contributed by atoms with van der Waals surface area (Å²) in [5.74, 6) is -0.172. The lowest BCUT2D eigenvalue weighted by atomic mass is 9.99. The molecule has 1 aliphatic heterocycles. The summed E-state index contributed by atoms with van der Waals surface area (Å²) in [4.78, 5) is 13.0. The van der Waals surface area contributed by atoms with Crippen LogP contribution in [0.5, 0.6) is 0 Å². The second-order valence-electron chi connectivity index (χ2n) is 22.6. The molecule has 1 fully saturated rings. The van der Waals surface area contributed by atoms with Crippen LogP contribution in [0.1, 0.15) is 316 Å². The molecule has 1 amide bonds. The zero-order valence-electron chi connectivity index (χ0n) is 48.6.